The Morgan fingerprint density at radius 2 is 2.22 bits per heavy atom. The number of benzene rings is 1. The minimum Gasteiger partial charge on any atom is -0.481 e. The molecule has 6 nitrogen and oxygen atoms in total. The van der Waals surface area contributed by atoms with E-state index in [0.717, 1.165) is 0 Å². The van der Waals surface area contributed by atoms with E-state index in [2.05, 4.69) is 9.97 Å². The van der Waals surface area contributed by atoms with Crippen LogP contribution >= 0.6 is 0 Å². The monoisotopic (exact) mass is 246 g/mol. The first-order chi connectivity index (χ1) is 8.63. The summed E-state index contributed by atoms with van der Waals surface area (Å²) >= 11 is 0. The minimum atomic E-state index is -0.915. The molecule has 0 atom stereocenters. The van der Waals surface area contributed by atoms with Crippen molar-refractivity contribution in [2.45, 2.75) is 6.42 Å². The van der Waals surface area contributed by atoms with Crippen LogP contribution in [0.1, 0.15) is 5.56 Å². The summed E-state index contributed by atoms with van der Waals surface area (Å²) in [4.78, 5) is 27.8. The number of nitrogens with zero attached hydrogens (tertiary/aromatic N) is 1. The Morgan fingerprint density at radius 1 is 1.39 bits per heavy atom. The predicted octanol–water partition coefficient (Wildman–Crippen LogP) is 1.19. The van der Waals surface area contributed by atoms with Crippen LogP contribution in [0, 0.1) is 0 Å². The molecule has 0 aliphatic heterocycles. The highest BCUT2D eigenvalue weighted by molar-refractivity contribution is 5.70. The predicted molar refractivity (Wildman–Crippen MR) is 62.7 cm³/mol. The molecule has 0 aliphatic carbocycles. The van der Waals surface area contributed by atoms with Gasteiger partial charge in [0, 0.05) is 0 Å². The fourth-order valence-corrected chi connectivity index (χ4v) is 1.42. The van der Waals surface area contributed by atoms with E-state index in [-0.39, 0.29) is 17.9 Å². The van der Waals surface area contributed by atoms with E-state index in [0.29, 0.717) is 11.3 Å². The number of carboxylic acids is 1. The summed E-state index contributed by atoms with van der Waals surface area (Å²) in [5.41, 5.74) is 0.298. The lowest BCUT2D eigenvalue weighted by molar-refractivity contribution is -0.136. The molecule has 0 aliphatic rings. The molecule has 1 aromatic carbocycles. The van der Waals surface area contributed by atoms with Crippen molar-refractivity contribution in [2.75, 3.05) is 0 Å². The number of aromatic amines is 1. The Bertz CT molecular complexity index is 621. The van der Waals surface area contributed by atoms with E-state index in [1.54, 1.807) is 24.3 Å². The van der Waals surface area contributed by atoms with Crippen LogP contribution in [-0.2, 0) is 11.2 Å². The smallest absolute Gasteiger partial charge is 0.307 e. The first kappa shape index (κ1) is 11.8. The number of aliphatic carboxylic acids is 1. The topological polar surface area (TPSA) is 92.3 Å². The van der Waals surface area contributed by atoms with Gasteiger partial charge in [-0.1, -0.05) is 12.1 Å². The number of rotatable bonds is 4. The van der Waals surface area contributed by atoms with Crippen LogP contribution in [-0.4, -0.2) is 21.0 Å². The molecule has 92 valence electrons. The molecule has 1 aromatic heterocycles. The maximum Gasteiger partial charge on any atom is 0.307 e. The molecule has 0 saturated heterocycles. The molecule has 1 heterocycles. The zero-order chi connectivity index (χ0) is 13.0. The molecule has 2 rings (SSSR count). The SMILES string of the molecule is O=C(O)Cc1cccc(Oc2cc(=O)[nH]cn2)c1. The van der Waals surface area contributed by atoms with Crippen LogP contribution in [0.2, 0.25) is 0 Å². The van der Waals surface area contributed by atoms with Gasteiger partial charge in [-0.05, 0) is 17.7 Å². The van der Waals surface area contributed by atoms with Gasteiger partial charge in [-0.25, -0.2) is 4.98 Å². The Labute approximate surface area is 102 Å². The van der Waals surface area contributed by atoms with Crippen LogP contribution in [0.25, 0.3) is 0 Å². The molecule has 2 aromatic rings. The number of carbonyl (C=O) groups is 1. The minimum absolute atomic E-state index is 0.0833. The van der Waals surface area contributed by atoms with Crippen LogP contribution < -0.4 is 10.3 Å². The van der Waals surface area contributed by atoms with E-state index in [4.69, 9.17) is 9.84 Å². The molecule has 0 radical (unpaired) electrons. The van der Waals surface area contributed by atoms with Gasteiger partial charge in [0.05, 0.1) is 18.8 Å². The van der Waals surface area contributed by atoms with Gasteiger partial charge in [0.2, 0.25) is 5.88 Å². The second kappa shape index (κ2) is 5.13. The summed E-state index contributed by atoms with van der Waals surface area (Å²) in [6.07, 6.45) is 1.15. The quantitative estimate of drug-likeness (QED) is 0.845. The molecule has 6 heteroatoms. The number of carboxylic acid groups (broad SMARTS) is 1. The highest BCUT2D eigenvalue weighted by Gasteiger charge is 2.03. The van der Waals surface area contributed by atoms with Gasteiger partial charge in [-0.2, -0.15) is 0 Å². The molecule has 0 saturated carbocycles. The Morgan fingerprint density at radius 3 is 2.94 bits per heavy atom. The molecule has 2 N–H and O–H groups in total. The van der Waals surface area contributed by atoms with Crippen molar-refractivity contribution in [2.24, 2.45) is 0 Å². The summed E-state index contributed by atoms with van der Waals surface area (Å²) in [6.45, 7) is 0. The van der Waals surface area contributed by atoms with Gasteiger partial charge in [0.1, 0.15) is 5.75 Å². The number of hydrogen-bond acceptors (Lipinski definition) is 4. The molecule has 0 spiro atoms. The standard InChI is InChI=1S/C12H10N2O4/c15-10-6-11(14-7-13-10)18-9-3-1-2-8(4-9)5-12(16)17/h1-4,6-7H,5H2,(H,16,17)(H,13,14,15). The highest BCUT2D eigenvalue weighted by Crippen LogP contribution is 2.19. The first-order valence-electron chi connectivity index (χ1n) is 5.17. The van der Waals surface area contributed by atoms with Crippen LogP contribution in [0.5, 0.6) is 11.6 Å². The summed E-state index contributed by atoms with van der Waals surface area (Å²) in [7, 11) is 0. The van der Waals surface area contributed by atoms with Crippen molar-refractivity contribution in [3.63, 3.8) is 0 Å². The van der Waals surface area contributed by atoms with Crippen molar-refractivity contribution in [3.05, 3.63) is 52.6 Å². The van der Waals surface area contributed by atoms with Crippen molar-refractivity contribution < 1.29 is 14.6 Å². The van der Waals surface area contributed by atoms with Crippen molar-refractivity contribution in [1.82, 2.24) is 9.97 Å². The number of nitrogens with one attached hydrogen (secondary N) is 1. The van der Waals surface area contributed by atoms with Crippen LogP contribution in [0.15, 0.2) is 41.5 Å². The van der Waals surface area contributed by atoms with Crippen molar-refractivity contribution in [3.8, 4) is 11.6 Å². The fourth-order valence-electron chi connectivity index (χ4n) is 1.42. The second-order valence-corrected chi connectivity index (χ2v) is 3.57. The normalized spacial score (nSPS) is 10.0. The maximum atomic E-state index is 11.0. The maximum absolute atomic E-state index is 11.0. The third-order valence-electron chi connectivity index (χ3n) is 2.13. The lowest BCUT2D eigenvalue weighted by Crippen LogP contribution is -2.04. The van der Waals surface area contributed by atoms with Gasteiger partial charge in [-0.3, -0.25) is 9.59 Å². The zero-order valence-corrected chi connectivity index (χ0v) is 9.29. The third kappa shape index (κ3) is 3.18. The second-order valence-electron chi connectivity index (χ2n) is 3.57. The van der Waals surface area contributed by atoms with Gasteiger partial charge in [0.15, 0.2) is 0 Å². The average molecular weight is 246 g/mol. The van der Waals surface area contributed by atoms with Gasteiger partial charge in [-0.15, -0.1) is 0 Å². The van der Waals surface area contributed by atoms with Crippen LogP contribution in [0.3, 0.4) is 0 Å². The van der Waals surface area contributed by atoms with Crippen molar-refractivity contribution >= 4 is 5.97 Å². The first-order valence-corrected chi connectivity index (χ1v) is 5.17. The van der Waals surface area contributed by atoms with E-state index >= 15 is 0 Å². The van der Waals surface area contributed by atoms with Crippen molar-refractivity contribution in [1.29, 1.82) is 0 Å². The Hall–Kier alpha value is -2.63. The lowest BCUT2D eigenvalue weighted by atomic mass is 10.1. The number of H-pyrrole nitrogens is 1. The van der Waals surface area contributed by atoms with Gasteiger partial charge >= 0.3 is 5.97 Å². The molecule has 18 heavy (non-hydrogen) atoms. The zero-order valence-electron chi connectivity index (χ0n) is 9.29. The Kier molecular flexibility index (Phi) is 3.38. The number of hydrogen-bond donors (Lipinski definition) is 2. The average Bonchev–Trinajstić information content (AvgIpc) is 2.28. The summed E-state index contributed by atoms with van der Waals surface area (Å²) in [5, 5.41) is 8.69. The molecular weight excluding hydrogens is 236 g/mol. The van der Waals surface area contributed by atoms with E-state index in [1.165, 1.54) is 12.4 Å². The highest BCUT2D eigenvalue weighted by atomic mass is 16.5. The molecule has 0 unspecified atom stereocenters. The van der Waals surface area contributed by atoms with E-state index < -0.39 is 5.97 Å². The number of ether oxygens (including phenoxy) is 1. The number of aromatic nitrogens is 2. The molecule has 0 amide bonds. The fraction of sp³-hybridized carbons (Fsp3) is 0.0833. The van der Waals surface area contributed by atoms with Gasteiger partial charge in [0.25, 0.3) is 5.56 Å². The van der Waals surface area contributed by atoms with E-state index in [9.17, 15) is 9.59 Å². The summed E-state index contributed by atoms with van der Waals surface area (Å²) < 4.78 is 5.36. The third-order valence-corrected chi connectivity index (χ3v) is 2.13. The molecule has 0 fully saturated rings. The summed E-state index contributed by atoms with van der Waals surface area (Å²) in [5.74, 6) is -0.320. The van der Waals surface area contributed by atoms with E-state index in [1.807, 2.05) is 0 Å². The van der Waals surface area contributed by atoms with Gasteiger partial charge < -0.3 is 14.8 Å². The molecular formula is C12H10N2O4. The summed E-state index contributed by atoms with van der Waals surface area (Å²) in [6, 6.07) is 7.84. The lowest BCUT2D eigenvalue weighted by Gasteiger charge is -2.05. The van der Waals surface area contributed by atoms with Crippen LogP contribution in [0.4, 0.5) is 0 Å². The Balaban J connectivity index is 2.19. The molecule has 0 bridgehead atoms. The largest absolute Gasteiger partial charge is 0.481 e.